The summed E-state index contributed by atoms with van der Waals surface area (Å²) < 4.78 is 2.08. The highest BCUT2D eigenvalue weighted by atomic mass is 32.2. The van der Waals surface area contributed by atoms with E-state index in [4.69, 9.17) is 0 Å². The van der Waals surface area contributed by atoms with E-state index in [9.17, 15) is 4.79 Å². The van der Waals surface area contributed by atoms with E-state index < -0.39 is 0 Å². The van der Waals surface area contributed by atoms with Gasteiger partial charge in [0, 0.05) is 12.6 Å². The van der Waals surface area contributed by atoms with Crippen molar-refractivity contribution < 1.29 is 4.79 Å². The molecule has 0 saturated carbocycles. The summed E-state index contributed by atoms with van der Waals surface area (Å²) in [4.78, 5) is 13.2. The number of nitrogens with one attached hydrogen (secondary N) is 1. The average Bonchev–Trinajstić information content (AvgIpc) is 3.28. The van der Waals surface area contributed by atoms with Crippen molar-refractivity contribution in [3.05, 3.63) is 53.4 Å². The van der Waals surface area contributed by atoms with E-state index in [1.165, 1.54) is 11.8 Å². The number of carbonyl (C=O) groups excluding carboxylic acids is 1. The van der Waals surface area contributed by atoms with Gasteiger partial charge in [-0.3, -0.25) is 9.36 Å². The maximum Gasteiger partial charge on any atom is 0.230 e. The largest absolute Gasteiger partial charge is 0.351 e. The normalized spacial score (nSPS) is 11.0. The Morgan fingerprint density at radius 1 is 1.20 bits per heavy atom. The Labute approximate surface area is 155 Å². The van der Waals surface area contributed by atoms with Crippen LogP contribution in [0.15, 0.2) is 53.0 Å². The molecule has 0 atom stereocenters. The molecule has 5 nitrogen and oxygen atoms in total. The summed E-state index contributed by atoms with van der Waals surface area (Å²) in [6, 6.07) is 14.2. The second kappa shape index (κ2) is 8.31. The number of amides is 1. The molecule has 2 heterocycles. The lowest BCUT2D eigenvalue weighted by Gasteiger charge is -2.13. The molecule has 0 aliphatic rings. The van der Waals surface area contributed by atoms with E-state index in [0.717, 1.165) is 21.4 Å². The number of hydrogen-bond acceptors (Lipinski definition) is 5. The van der Waals surface area contributed by atoms with Gasteiger partial charge in [0.25, 0.3) is 0 Å². The minimum absolute atomic E-state index is 0.00941. The van der Waals surface area contributed by atoms with Crippen LogP contribution in [0, 0.1) is 0 Å². The quantitative estimate of drug-likeness (QED) is 0.637. The zero-order chi connectivity index (χ0) is 17.6. The standard InChI is InChI=1S/C18H20N4OS2/c1-13(2)22-17(15-9-6-10-24-15)20-21-18(22)25-12-16(23)19-11-14-7-4-3-5-8-14/h3-10,13H,11-12H2,1-2H3,(H,19,23). The number of thiophene rings is 1. The molecule has 1 N–H and O–H groups in total. The van der Waals surface area contributed by atoms with Gasteiger partial charge in [-0.1, -0.05) is 48.2 Å². The van der Waals surface area contributed by atoms with Crippen LogP contribution >= 0.6 is 23.1 Å². The fourth-order valence-electron chi connectivity index (χ4n) is 2.39. The molecule has 25 heavy (non-hydrogen) atoms. The van der Waals surface area contributed by atoms with Crippen LogP contribution in [0.5, 0.6) is 0 Å². The SMILES string of the molecule is CC(C)n1c(SCC(=O)NCc2ccccc2)nnc1-c1cccs1. The lowest BCUT2D eigenvalue weighted by Crippen LogP contribution is -2.24. The van der Waals surface area contributed by atoms with Gasteiger partial charge >= 0.3 is 0 Å². The molecule has 0 spiro atoms. The average molecular weight is 373 g/mol. The zero-order valence-electron chi connectivity index (χ0n) is 14.2. The summed E-state index contributed by atoms with van der Waals surface area (Å²) in [5, 5.41) is 14.3. The molecule has 0 fully saturated rings. The summed E-state index contributed by atoms with van der Waals surface area (Å²) in [5.74, 6) is 1.17. The highest BCUT2D eigenvalue weighted by Crippen LogP contribution is 2.30. The van der Waals surface area contributed by atoms with Gasteiger partial charge in [0.2, 0.25) is 5.91 Å². The highest BCUT2D eigenvalue weighted by molar-refractivity contribution is 7.99. The topological polar surface area (TPSA) is 59.8 Å². The summed E-state index contributed by atoms with van der Waals surface area (Å²) in [5.41, 5.74) is 1.09. The number of aromatic nitrogens is 3. The molecule has 3 rings (SSSR count). The first-order chi connectivity index (χ1) is 12.1. The number of rotatable bonds is 7. The molecule has 0 aliphatic heterocycles. The van der Waals surface area contributed by atoms with Crippen molar-refractivity contribution >= 4 is 29.0 Å². The van der Waals surface area contributed by atoms with Crippen molar-refractivity contribution in [2.24, 2.45) is 0 Å². The van der Waals surface area contributed by atoms with Crippen LogP contribution in [0.1, 0.15) is 25.5 Å². The van der Waals surface area contributed by atoms with Gasteiger partial charge in [0.15, 0.2) is 11.0 Å². The minimum atomic E-state index is -0.00941. The Morgan fingerprint density at radius 2 is 2.00 bits per heavy atom. The maximum atomic E-state index is 12.1. The summed E-state index contributed by atoms with van der Waals surface area (Å²) in [6.07, 6.45) is 0. The van der Waals surface area contributed by atoms with E-state index in [-0.39, 0.29) is 11.9 Å². The molecule has 130 valence electrons. The maximum absolute atomic E-state index is 12.1. The third-order valence-corrected chi connectivity index (χ3v) is 5.40. The Kier molecular flexibility index (Phi) is 5.88. The smallest absolute Gasteiger partial charge is 0.230 e. The minimum Gasteiger partial charge on any atom is -0.351 e. The van der Waals surface area contributed by atoms with Crippen LogP contribution in [0.3, 0.4) is 0 Å². The van der Waals surface area contributed by atoms with E-state index >= 15 is 0 Å². The lowest BCUT2D eigenvalue weighted by atomic mass is 10.2. The molecule has 7 heteroatoms. The van der Waals surface area contributed by atoms with Crippen LogP contribution in [0.2, 0.25) is 0 Å². The number of thioether (sulfide) groups is 1. The molecule has 0 aliphatic carbocycles. The third-order valence-electron chi connectivity index (χ3n) is 3.59. The van der Waals surface area contributed by atoms with E-state index in [0.29, 0.717) is 12.3 Å². The molecular formula is C18H20N4OS2. The van der Waals surface area contributed by atoms with Crippen molar-refractivity contribution in [2.45, 2.75) is 31.6 Å². The van der Waals surface area contributed by atoms with Gasteiger partial charge in [-0.2, -0.15) is 0 Å². The lowest BCUT2D eigenvalue weighted by molar-refractivity contribution is -0.118. The van der Waals surface area contributed by atoms with Gasteiger partial charge in [-0.15, -0.1) is 21.5 Å². The van der Waals surface area contributed by atoms with Crippen LogP contribution < -0.4 is 5.32 Å². The molecular weight excluding hydrogens is 352 g/mol. The van der Waals surface area contributed by atoms with Crippen LogP contribution in [0.25, 0.3) is 10.7 Å². The number of hydrogen-bond donors (Lipinski definition) is 1. The van der Waals surface area contributed by atoms with Gasteiger partial charge < -0.3 is 5.32 Å². The molecule has 1 aromatic carbocycles. The molecule has 3 aromatic rings. The molecule has 1 amide bonds. The third kappa shape index (κ3) is 4.49. The second-order valence-corrected chi connectivity index (χ2v) is 7.69. The van der Waals surface area contributed by atoms with Crippen molar-refractivity contribution in [3.8, 4) is 10.7 Å². The first-order valence-corrected chi connectivity index (χ1v) is 9.94. The van der Waals surface area contributed by atoms with E-state index in [1.54, 1.807) is 11.3 Å². The van der Waals surface area contributed by atoms with Crippen LogP contribution in [-0.2, 0) is 11.3 Å². The van der Waals surface area contributed by atoms with Gasteiger partial charge in [-0.25, -0.2) is 0 Å². The molecule has 0 unspecified atom stereocenters. The Bertz CT molecular complexity index is 813. The molecule has 2 aromatic heterocycles. The predicted molar refractivity (Wildman–Crippen MR) is 103 cm³/mol. The summed E-state index contributed by atoms with van der Waals surface area (Å²) in [6.45, 7) is 4.73. The van der Waals surface area contributed by atoms with Gasteiger partial charge in [0.05, 0.1) is 10.6 Å². The first kappa shape index (κ1) is 17.7. The van der Waals surface area contributed by atoms with Gasteiger partial charge in [-0.05, 0) is 30.9 Å². The summed E-state index contributed by atoms with van der Waals surface area (Å²) in [7, 11) is 0. The van der Waals surface area contributed by atoms with Crippen LogP contribution in [0.4, 0.5) is 0 Å². The van der Waals surface area contributed by atoms with E-state index in [2.05, 4.69) is 33.9 Å². The molecule has 0 radical (unpaired) electrons. The van der Waals surface area contributed by atoms with Crippen molar-refractivity contribution in [1.29, 1.82) is 0 Å². The predicted octanol–water partition coefficient (Wildman–Crippen LogP) is 4.00. The number of benzene rings is 1. The molecule has 0 saturated heterocycles. The number of nitrogens with zero attached hydrogens (tertiary/aromatic N) is 3. The Balaban J connectivity index is 1.62. The second-order valence-electron chi connectivity index (χ2n) is 5.80. The van der Waals surface area contributed by atoms with Crippen molar-refractivity contribution in [1.82, 2.24) is 20.1 Å². The van der Waals surface area contributed by atoms with E-state index in [1.807, 2.05) is 47.8 Å². The molecule has 0 bridgehead atoms. The monoisotopic (exact) mass is 372 g/mol. The van der Waals surface area contributed by atoms with Crippen LogP contribution in [-0.4, -0.2) is 26.4 Å². The first-order valence-electron chi connectivity index (χ1n) is 8.07. The summed E-state index contributed by atoms with van der Waals surface area (Å²) >= 11 is 3.06. The fraction of sp³-hybridized carbons (Fsp3) is 0.278. The van der Waals surface area contributed by atoms with Crippen molar-refractivity contribution in [3.63, 3.8) is 0 Å². The fourth-order valence-corrected chi connectivity index (χ4v) is 4.00. The van der Waals surface area contributed by atoms with Crippen molar-refractivity contribution in [2.75, 3.05) is 5.75 Å². The Hall–Kier alpha value is -2.12. The number of carbonyl (C=O) groups is 1. The Morgan fingerprint density at radius 3 is 2.68 bits per heavy atom. The highest BCUT2D eigenvalue weighted by Gasteiger charge is 2.18. The van der Waals surface area contributed by atoms with Gasteiger partial charge in [0.1, 0.15) is 0 Å². The zero-order valence-corrected chi connectivity index (χ0v) is 15.8.